The van der Waals surface area contributed by atoms with Crippen LogP contribution in [0.3, 0.4) is 0 Å². The van der Waals surface area contributed by atoms with Gasteiger partial charge in [0.2, 0.25) is 5.91 Å². The van der Waals surface area contributed by atoms with E-state index < -0.39 is 0 Å². The highest BCUT2D eigenvalue weighted by Crippen LogP contribution is 2.09. The fraction of sp³-hybridized carbons (Fsp3) is 0.529. The van der Waals surface area contributed by atoms with Crippen molar-refractivity contribution in [1.29, 1.82) is 0 Å². The summed E-state index contributed by atoms with van der Waals surface area (Å²) in [5, 5.41) is 6.42. The van der Waals surface area contributed by atoms with Crippen molar-refractivity contribution in [2.75, 3.05) is 26.2 Å². The Morgan fingerprint density at radius 1 is 1.38 bits per heavy atom. The predicted molar refractivity (Wildman–Crippen MR) is 105 cm³/mol. The van der Waals surface area contributed by atoms with E-state index >= 15 is 0 Å². The van der Waals surface area contributed by atoms with Crippen molar-refractivity contribution < 1.29 is 9.18 Å². The molecule has 0 bridgehead atoms. The first kappa shape index (κ1) is 20.7. The minimum atomic E-state index is -0.244. The van der Waals surface area contributed by atoms with Crippen LogP contribution in [0.4, 0.5) is 4.39 Å². The average Bonchev–Trinajstić information content (AvgIpc) is 2.94. The molecule has 0 radical (unpaired) electrons. The molecule has 0 saturated carbocycles. The SMILES string of the molecule is CCNC(=NCc1cccc(F)c1)NCCCN1CCCC1=O.I. The molecular formula is C17H26FIN4O. The fourth-order valence-electron chi connectivity index (χ4n) is 2.56. The van der Waals surface area contributed by atoms with Gasteiger partial charge in [0, 0.05) is 32.6 Å². The van der Waals surface area contributed by atoms with Crippen LogP contribution in [0, 0.1) is 5.82 Å². The summed E-state index contributed by atoms with van der Waals surface area (Å²) in [4.78, 5) is 17.9. The number of halogens is 2. The summed E-state index contributed by atoms with van der Waals surface area (Å²) in [6.07, 6.45) is 2.55. The summed E-state index contributed by atoms with van der Waals surface area (Å²) in [7, 11) is 0. The van der Waals surface area contributed by atoms with Gasteiger partial charge in [0.25, 0.3) is 0 Å². The van der Waals surface area contributed by atoms with Gasteiger partial charge < -0.3 is 15.5 Å². The van der Waals surface area contributed by atoms with Gasteiger partial charge in [0.05, 0.1) is 6.54 Å². The lowest BCUT2D eigenvalue weighted by Gasteiger charge is -2.16. The standard InChI is InChI=1S/C17H25FN4O.HI/c1-2-19-17(21-13-14-6-3-7-15(18)12-14)20-9-5-11-22-10-4-8-16(22)23;/h3,6-7,12H,2,4-5,8-11,13H2,1H3,(H2,19,20,21);1H. The molecule has 0 aromatic heterocycles. The Morgan fingerprint density at radius 2 is 2.21 bits per heavy atom. The van der Waals surface area contributed by atoms with Crippen LogP contribution in [-0.4, -0.2) is 42.9 Å². The lowest BCUT2D eigenvalue weighted by molar-refractivity contribution is -0.127. The number of nitrogens with one attached hydrogen (secondary N) is 2. The molecule has 1 saturated heterocycles. The smallest absolute Gasteiger partial charge is 0.222 e. The van der Waals surface area contributed by atoms with E-state index in [9.17, 15) is 9.18 Å². The molecule has 0 atom stereocenters. The Bertz CT molecular complexity index is 553. The number of guanidine groups is 1. The third-order valence-electron chi connectivity index (χ3n) is 3.72. The molecular weight excluding hydrogens is 422 g/mol. The Kier molecular flexibility index (Phi) is 9.66. The quantitative estimate of drug-likeness (QED) is 0.292. The van der Waals surface area contributed by atoms with Crippen molar-refractivity contribution in [3.8, 4) is 0 Å². The number of likely N-dealkylation sites (tertiary alicyclic amines) is 1. The van der Waals surface area contributed by atoms with Crippen molar-refractivity contribution in [2.24, 2.45) is 4.99 Å². The van der Waals surface area contributed by atoms with Gasteiger partial charge in [0.1, 0.15) is 5.82 Å². The number of nitrogens with zero attached hydrogens (tertiary/aromatic N) is 2. The lowest BCUT2D eigenvalue weighted by atomic mass is 10.2. The molecule has 1 amide bonds. The number of hydrogen-bond donors (Lipinski definition) is 2. The largest absolute Gasteiger partial charge is 0.357 e. The van der Waals surface area contributed by atoms with Gasteiger partial charge in [-0.15, -0.1) is 24.0 Å². The Hall–Kier alpha value is -1.38. The number of hydrogen-bond acceptors (Lipinski definition) is 2. The summed E-state index contributed by atoms with van der Waals surface area (Å²) in [6, 6.07) is 6.46. The maximum absolute atomic E-state index is 13.2. The third kappa shape index (κ3) is 7.02. The second-order valence-electron chi connectivity index (χ2n) is 5.59. The van der Waals surface area contributed by atoms with Crippen LogP contribution in [0.25, 0.3) is 0 Å². The second-order valence-corrected chi connectivity index (χ2v) is 5.59. The molecule has 1 aliphatic heterocycles. The maximum Gasteiger partial charge on any atom is 0.222 e. The van der Waals surface area contributed by atoms with Crippen LogP contribution in [-0.2, 0) is 11.3 Å². The molecule has 24 heavy (non-hydrogen) atoms. The van der Waals surface area contributed by atoms with Crippen LogP contribution >= 0.6 is 24.0 Å². The Labute approximate surface area is 160 Å². The van der Waals surface area contributed by atoms with Gasteiger partial charge in [0.15, 0.2) is 5.96 Å². The van der Waals surface area contributed by atoms with E-state index in [4.69, 9.17) is 0 Å². The highest BCUT2D eigenvalue weighted by Gasteiger charge is 2.18. The van der Waals surface area contributed by atoms with Gasteiger partial charge in [-0.05, 0) is 37.5 Å². The first-order valence-corrected chi connectivity index (χ1v) is 8.23. The topological polar surface area (TPSA) is 56.7 Å². The van der Waals surface area contributed by atoms with E-state index in [1.807, 2.05) is 17.9 Å². The molecule has 1 heterocycles. The normalized spacial score (nSPS) is 14.5. The second kappa shape index (κ2) is 11.2. The van der Waals surface area contributed by atoms with Crippen LogP contribution in [0.15, 0.2) is 29.3 Å². The zero-order valence-electron chi connectivity index (χ0n) is 14.1. The Morgan fingerprint density at radius 3 is 2.88 bits per heavy atom. The zero-order valence-corrected chi connectivity index (χ0v) is 16.4. The van der Waals surface area contributed by atoms with Crippen molar-refractivity contribution >= 4 is 35.8 Å². The highest BCUT2D eigenvalue weighted by molar-refractivity contribution is 14.0. The van der Waals surface area contributed by atoms with Crippen molar-refractivity contribution in [3.63, 3.8) is 0 Å². The van der Waals surface area contributed by atoms with Crippen molar-refractivity contribution in [2.45, 2.75) is 32.7 Å². The lowest BCUT2D eigenvalue weighted by Crippen LogP contribution is -2.39. The molecule has 0 aliphatic carbocycles. The molecule has 1 aliphatic rings. The van der Waals surface area contributed by atoms with Gasteiger partial charge in [-0.3, -0.25) is 4.79 Å². The first-order valence-electron chi connectivity index (χ1n) is 8.23. The number of carbonyl (C=O) groups is 1. The van der Waals surface area contributed by atoms with Gasteiger partial charge >= 0.3 is 0 Å². The predicted octanol–water partition coefficient (Wildman–Crippen LogP) is 2.51. The number of benzene rings is 1. The molecule has 134 valence electrons. The van der Waals surface area contributed by atoms with Crippen molar-refractivity contribution in [1.82, 2.24) is 15.5 Å². The number of rotatable bonds is 7. The molecule has 2 N–H and O–H groups in total. The summed E-state index contributed by atoms with van der Waals surface area (Å²) in [6.45, 7) is 5.61. The van der Waals surface area contributed by atoms with Crippen molar-refractivity contribution in [3.05, 3.63) is 35.6 Å². The molecule has 1 aromatic carbocycles. The molecule has 7 heteroatoms. The van der Waals surface area contributed by atoms with Crippen LogP contribution in [0.2, 0.25) is 0 Å². The van der Waals surface area contributed by atoms with Crippen LogP contribution in [0.1, 0.15) is 31.7 Å². The Balaban J connectivity index is 0.00000288. The molecule has 1 fully saturated rings. The summed E-state index contributed by atoms with van der Waals surface area (Å²) in [5.74, 6) is 0.729. The molecule has 0 spiro atoms. The monoisotopic (exact) mass is 448 g/mol. The van der Waals surface area contributed by atoms with Crippen LogP contribution in [0.5, 0.6) is 0 Å². The first-order chi connectivity index (χ1) is 11.2. The molecule has 5 nitrogen and oxygen atoms in total. The summed E-state index contributed by atoms with van der Waals surface area (Å²) < 4.78 is 13.2. The van der Waals surface area contributed by atoms with E-state index in [0.29, 0.717) is 18.9 Å². The number of amides is 1. The molecule has 2 rings (SSSR count). The minimum absolute atomic E-state index is 0. The number of carbonyl (C=O) groups excluding carboxylic acids is 1. The van der Waals surface area contributed by atoms with Gasteiger partial charge in [-0.2, -0.15) is 0 Å². The van der Waals surface area contributed by atoms with E-state index in [2.05, 4.69) is 15.6 Å². The van der Waals surface area contributed by atoms with E-state index in [1.165, 1.54) is 12.1 Å². The van der Waals surface area contributed by atoms with E-state index in [0.717, 1.165) is 44.6 Å². The zero-order chi connectivity index (χ0) is 16.5. The minimum Gasteiger partial charge on any atom is -0.357 e. The van der Waals surface area contributed by atoms with E-state index in [-0.39, 0.29) is 35.7 Å². The van der Waals surface area contributed by atoms with Crippen LogP contribution < -0.4 is 10.6 Å². The third-order valence-corrected chi connectivity index (χ3v) is 3.72. The summed E-state index contributed by atoms with van der Waals surface area (Å²) in [5.41, 5.74) is 0.838. The average molecular weight is 448 g/mol. The maximum atomic E-state index is 13.2. The highest BCUT2D eigenvalue weighted by atomic mass is 127. The van der Waals surface area contributed by atoms with Gasteiger partial charge in [-0.1, -0.05) is 12.1 Å². The van der Waals surface area contributed by atoms with E-state index in [1.54, 1.807) is 6.07 Å². The molecule has 1 aromatic rings. The van der Waals surface area contributed by atoms with Gasteiger partial charge in [-0.25, -0.2) is 9.38 Å². The molecule has 0 unspecified atom stereocenters. The summed E-state index contributed by atoms with van der Waals surface area (Å²) >= 11 is 0. The fourth-order valence-corrected chi connectivity index (χ4v) is 2.56. The number of aliphatic imine (C=N–C) groups is 1.